The molecule has 5 nitrogen and oxygen atoms in total. The Morgan fingerprint density at radius 1 is 1.29 bits per heavy atom. The van der Waals surface area contributed by atoms with Gasteiger partial charge in [0.1, 0.15) is 11.6 Å². The first-order valence-electron chi connectivity index (χ1n) is 9.54. The number of hydrogen-bond acceptors (Lipinski definition) is 4. The summed E-state index contributed by atoms with van der Waals surface area (Å²) in [5.41, 5.74) is 1.31. The Bertz CT molecular complexity index is 820. The molecule has 0 unspecified atom stereocenters. The average molecular weight is 405 g/mol. The third kappa shape index (κ3) is 4.80. The van der Waals surface area contributed by atoms with E-state index in [-0.39, 0.29) is 5.91 Å². The maximum absolute atomic E-state index is 13.1. The molecule has 0 radical (unpaired) electrons. The molecule has 1 aromatic carbocycles. The zero-order valence-corrected chi connectivity index (χ0v) is 17.2. The Morgan fingerprint density at radius 2 is 2.00 bits per heavy atom. The summed E-state index contributed by atoms with van der Waals surface area (Å²) >= 11 is 6.16. The number of nitrogens with one attached hydrogen (secondary N) is 1. The van der Waals surface area contributed by atoms with Gasteiger partial charge in [-0.1, -0.05) is 11.6 Å². The molecule has 0 spiro atoms. The van der Waals surface area contributed by atoms with Crippen molar-refractivity contribution in [3.8, 4) is 0 Å². The number of pyridine rings is 1. The van der Waals surface area contributed by atoms with Crippen LogP contribution in [-0.4, -0.2) is 48.0 Å². The molecular weight excluding hydrogens is 379 g/mol. The van der Waals surface area contributed by atoms with Crippen LogP contribution in [0.5, 0.6) is 0 Å². The molecule has 2 heterocycles. The van der Waals surface area contributed by atoms with Crippen LogP contribution in [0.4, 0.5) is 15.9 Å². The maximum atomic E-state index is 13.1. The second-order valence-corrected chi connectivity index (χ2v) is 7.89. The van der Waals surface area contributed by atoms with Crippen molar-refractivity contribution < 1.29 is 9.18 Å². The van der Waals surface area contributed by atoms with E-state index in [1.165, 1.54) is 12.1 Å². The van der Waals surface area contributed by atoms with Crippen molar-refractivity contribution in [2.75, 3.05) is 30.4 Å². The topological polar surface area (TPSA) is 48.5 Å². The molecule has 1 aliphatic rings. The number of carbonyl (C=O) groups is 1. The number of anilines is 2. The molecule has 0 atom stereocenters. The maximum Gasteiger partial charge on any atom is 0.258 e. The van der Waals surface area contributed by atoms with Crippen LogP contribution in [0.2, 0.25) is 5.02 Å². The van der Waals surface area contributed by atoms with E-state index in [1.807, 2.05) is 13.1 Å². The van der Waals surface area contributed by atoms with Crippen molar-refractivity contribution in [1.82, 2.24) is 9.88 Å². The molecule has 1 fully saturated rings. The fourth-order valence-corrected chi connectivity index (χ4v) is 3.79. The first kappa shape index (κ1) is 20.6. The Hall–Kier alpha value is -2.18. The molecule has 28 heavy (non-hydrogen) atoms. The summed E-state index contributed by atoms with van der Waals surface area (Å²) in [7, 11) is 2.02. The summed E-state index contributed by atoms with van der Waals surface area (Å²) in [6.45, 7) is 6.52. The first-order chi connectivity index (χ1) is 13.3. The van der Waals surface area contributed by atoms with Gasteiger partial charge in [-0.25, -0.2) is 9.37 Å². The van der Waals surface area contributed by atoms with Gasteiger partial charge in [-0.05, 0) is 57.0 Å². The monoisotopic (exact) mass is 404 g/mol. The Morgan fingerprint density at radius 3 is 2.61 bits per heavy atom. The van der Waals surface area contributed by atoms with Gasteiger partial charge in [0.15, 0.2) is 0 Å². The number of likely N-dealkylation sites (tertiary alicyclic amines) is 1. The van der Waals surface area contributed by atoms with Crippen molar-refractivity contribution >= 4 is 29.0 Å². The number of nitrogens with zero attached hydrogens (tertiary/aromatic N) is 3. The lowest BCUT2D eigenvalue weighted by Gasteiger charge is -2.39. The van der Waals surface area contributed by atoms with Gasteiger partial charge in [-0.2, -0.15) is 0 Å². The summed E-state index contributed by atoms with van der Waals surface area (Å²) in [5, 5.41) is 3.21. The first-order valence-corrected chi connectivity index (χ1v) is 9.92. The van der Waals surface area contributed by atoms with Gasteiger partial charge in [-0.15, -0.1) is 0 Å². The van der Waals surface area contributed by atoms with Crippen LogP contribution >= 0.6 is 11.6 Å². The van der Waals surface area contributed by atoms with Gasteiger partial charge in [0.2, 0.25) is 0 Å². The van der Waals surface area contributed by atoms with E-state index in [4.69, 9.17) is 11.6 Å². The molecule has 150 valence electrons. The van der Waals surface area contributed by atoms with E-state index in [0.29, 0.717) is 28.5 Å². The average Bonchev–Trinajstić information content (AvgIpc) is 2.69. The van der Waals surface area contributed by atoms with Crippen LogP contribution < -0.4 is 10.2 Å². The molecule has 3 rings (SSSR count). The van der Waals surface area contributed by atoms with Crippen LogP contribution in [0, 0.1) is 5.82 Å². The third-order valence-electron chi connectivity index (χ3n) is 5.33. The normalized spacial score (nSPS) is 15.6. The van der Waals surface area contributed by atoms with E-state index in [2.05, 4.69) is 33.9 Å². The lowest BCUT2D eigenvalue weighted by molar-refractivity contribution is 0.102. The van der Waals surface area contributed by atoms with E-state index in [9.17, 15) is 9.18 Å². The van der Waals surface area contributed by atoms with E-state index < -0.39 is 5.82 Å². The number of piperidine rings is 1. The van der Waals surface area contributed by atoms with Crippen molar-refractivity contribution in [3.63, 3.8) is 0 Å². The molecule has 7 heteroatoms. The van der Waals surface area contributed by atoms with Crippen LogP contribution in [0.25, 0.3) is 0 Å². The Balaban J connectivity index is 1.78. The number of hydrogen-bond donors (Lipinski definition) is 1. The zero-order chi connectivity index (χ0) is 20.3. The summed E-state index contributed by atoms with van der Waals surface area (Å²) in [6, 6.07) is 8.93. The van der Waals surface area contributed by atoms with Crippen molar-refractivity contribution in [2.45, 2.75) is 38.8 Å². The van der Waals surface area contributed by atoms with Crippen LogP contribution in [0.3, 0.4) is 0 Å². The molecule has 1 saturated heterocycles. The smallest absolute Gasteiger partial charge is 0.258 e. The minimum absolute atomic E-state index is 0.297. The molecule has 0 saturated carbocycles. The quantitative estimate of drug-likeness (QED) is 0.800. The number of benzene rings is 1. The molecule has 0 aliphatic carbocycles. The molecule has 0 bridgehead atoms. The van der Waals surface area contributed by atoms with Crippen molar-refractivity contribution in [2.24, 2.45) is 0 Å². The van der Waals surface area contributed by atoms with Gasteiger partial charge < -0.3 is 15.1 Å². The predicted octanol–water partition coefficient (Wildman–Crippen LogP) is 4.44. The largest absolute Gasteiger partial charge is 0.371 e. The van der Waals surface area contributed by atoms with Gasteiger partial charge in [0, 0.05) is 42.9 Å². The number of halogens is 2. The molecule has 1 N–H and O–H groups in total. The highest BCUT2D eigenvalue weighted by atomic mass is 35.5. The fraction of sp³-hybridized carbons (Fsp3) is 0.429. The summed E-state index contributed by atoms with van der Waals surface area (Å²) < 4.78 is 13.1. The molecule has 1 amide bonds. The number of carbonyl (C=O) groups excluding carboxylic acids is 1. The zero-order valence-electron chi connectivity index (χ0n) is 16.5. The molecule has 1 aliphatic heterocycles. The van der Waals surface area contributed by atoms with Gasteiger partial charge in [-0.3, -0.25) is 4.79 Å². The van der Waals surface area contributed by atoms with Gasteiger partial charge in [0.25, 0.3) is 5.91 Å². The second-order valence-electron chi connectivity index (χ2n) is 7.45. The molecule has 2 aromatic rings. The predicted molar refractivity (Wildman–Crippen MR) is 112 cm³/mol. The van der Waals surface area contributed by atoms with Crippen molar-refractivity contribution in [1.29, 1.82) is 0 Å². The van der Waals surface area contributed by atoms with E-state index >= 15 is 0 Å². The van der Waals surface area contributed by atoms with Crippen LogP contribution in [0.15, 0.2) is 36.5 Å². The summed E-state index contributed by atoms with van der Waals surface area (Å²) in [4.78, 5) is 21.4. The fourth-order valence-electron chi connectivity index (χ4n) is 3.62. The van der Waals surface area contributed by atoms with E-state index in [1.54, 1.807) is 12.1 Å². The Kier molecular flexibility index (Phi) is 6.52. The minimum Gasteiger partial charge on any atom is -0.371 e. The van der Waals surface area contributed by atoms with Gasteiger partial charge >= 0.3 is 0 Å². The van der Waals surface area contributed by atoms with Crippen LogP contribution in [-0.2, 0) is 0 Å². The van der Waals surface area contributed by atoms with E-state index in [0.717, 1.165) is 37.8 Å². The highest BCUT2D eigenvalue weighted by Crippen LogP contribution is 2.29. The highest BCUT2D eigenvalue weighted by Gasteiger charge is 2.26. The van der Waals surface area contributed by atoms with Crippen molar-refractivity contribution in [3.05, 3.63) is 52.9 Å². The number of rotatable bonds is 5. The minimum atomic E-state index is -0.450. The summed E-state index contributed by atoms with van der Waals surface area (Å²) in [6.07, 6.45) is 3.15. The van der Waals surface area contributed by atoms with Crippen LogP contribution in [0.1, 0.15) is 37.0 Å². The summed E-state index contributed by atoms with van der Waals surface area (Å²) in [5.74, 6) is -0.470. The SMILES string of the molecule is CC(C)N1CCC(N(C)c2ccc(Cl)cc2C(=O)Nc2ccc(F)cn2)CC1. The number of amides is 1. The van der Waals surface area contributed by atoms with Gasteiger partial charge in [0.05, 0.1) is 11.8 Å². The lowest BCUT2D eigenvalue weighted by atomic mass is 10.0. The molecule has 1 aromatic heterocycles. The number of aromatic nitrogens is 1. The Labute approximate surface area is 170 Å². The lowest BCUT2D eigenvalue weighted by Crippen LogP contribution is -2.46. The highest BCUT2D eigenvalue weighted by molar-refractivity contribution is 6.31. The standard InChI is InChI=1S/C21H26ClFN4O/c1-14(2)27-10-8-17(9-11-27)26(3)19-6-4-15(22)12-18(19)21(28)25-20-7-5-16(23)13-24-20/h4-7,12-14,17H,8-11H2,1-3H3,(H,24,25,28). The third-order valence-corrected chi connectivity index (χ3v) is 5.56. The second kappa shape index (κ2) is 8.88. The molecular formula is C21H26ClFN4O.